The highest BCUT2D eigenvalue weighted by molar-refractivity contribution is 6.01. The van der Waals surface area contributed by atoms with Crippen LogP contribution >= 0.6 is 0 Å². The summed E-state index contributed by atoms with van der Waals surface area (Å²) in [6.07, 6.45) is 4.95. The van der Waals surface area contributed by atoms with Gasteiger partial charge < -0.3 is 5.11 Å². The summed E-state index contributed by atoms with van der Waals surface area (Å²) in [5.74, 6) is 0.904. The van der Waals surface area contributed by atoms with Gasteiger partial charge >= 0.3 is 0 Å². The molecule has 0 radical (unpaired) electrons. The second-order valence-corrected chi connectivity index (χ2v) is 8.43. The number of hydrogen-bond acceptors (Lipinski definition) is 5. The number of aryl methyl sites for hydroxylation is 2. The zero-order valence-electron chi connectivity index (χ0n) is 15.9. The molecule has 1 N–H and O–H groups in total. The van der Waals surface area contributed by atoms with Gasteiger partial charge in [0.05, 0.1) is 12.0 Å². The van der Waals surface area contributed by atoms with E-state index in [1.807, 2.05) is 32.6 Å². The molecule has 0 aromatic carbocycles. The maximum Gasteiger partial charge on any atom is 0.199 e. The summed E-state index contributed by atoms with van der Waals surface area (Å²) in [5, 5.41) is 19.0. The summed E-state index contributed by atoms with van der Waals surface area (Å²) in [6.45, 7) is 6.17. The van der Waals surface area contributed by atoms with Gasteiger partial charge in [-0.3, -0.25) is 14.2 Å². The lowest BCUT2D eigenvalue weighted by Gasteiger charge is -2.52. The van der Waals surface area contributed by atoms with E-state index in [2.05, 4.69) is 17.0 Å². The molecule has 26 heavy (non-hydrogen) atoms. The van der Waals surface area contributed by atoms with E-state index in [0.717, 1.165) is 30.5 Å². The topological polar surface area (TPSA) is 85.8 Å². The van der Waals surface area contributed by atoms with Gasteiger partial charge in [0.15, 0.2) is 11.6 Å². The number of carbonyl (C=O) groups excluding carboxylic acids is 1. The minimum Gasteiger partial charge on any atom is -0.515 e. The minimum absolute atomic E-state index is 0.0495. The number of fused-ring (bicyclic) bond motifs is 3. The molecular formula is C19H25N5O2. The number of carbonyl (C=O) groups is 1. The Kier molecular flexibility index (Phi) is 3.45. The first kappa shape index (κ1) is 17.0. The number of Topliss-reactive ketones (excluding diaryl/α,β-unsaturated/α-hetero) is 1. The highest BCUT2D eigenvalue weighted by Crippen LogP contribution is 2.57. The lowest BCUT2D eigenvalue weighted by molar-refractivity contribution is -0.131. The number of nitrogens with zero attached hydrogens (tertiary/aromatic N) is 5. The molecule has 4 rings (SSSR count). The number of allylic oxidation sites excluding steroid dienone is 1. The molecule has 1 saturated carbocycles. The molecular weight excluding hydrogens is 330 g/mol. The molecule has 0 saturated heterocycles. The van der Waals surface area contributed by atoms with E-state index in [1.165, 1.54) is 5.56 Å². The molecule has 7 nitrogen and oxygen atoms in total. The average molecular weight is 355 g/mol. The Bertz CT molecular complexity index is 936. The highest BCUT2D eigenvalue weighted by Gasteiger charge is 2.57. The fourth-order valence-corrected chi connectivity index (χ4v) is 5.28. The van der Waals surface area contributed by atoms with Crippen LogP contribution < -0.4 is 0 Å². The number of aliphatic hydroxyl groups is 1. The van der Waals surface area contributed by atoms with E-state index in [-0.39, 0.29) is 17.1 Å². The molecule has 0 amide bonds. The van der Waals surface area contributed by atoms with Crippen molar-refractivity contribution in [3.63, 3.8) is 0 Å². The zero-order chi connectivity index (χ0) is 18.9. The van der Waals surface area contributed by atoms with E-state index in [9.17, 15) is 9.90 Å². The van der Waals surface area contributed by atoms with Gasteiger partial charge in [-0.25, -0.2) is 4.98 Å². The van der Waals surface area contributed by atoms with Gasteiger partial charge in [-0.1, -0.05) is 20.8 Å². The normalized spacial score (nSPS) is 28.9. The van der Waals surface area contributed by atoms with Crippen LogP contribution in [0.3, 0.4) is 0 Å². The predicted molar refractivity (Wildman–Crippen MR) is 96.5 cm³/mol. The Hall–Kier alpha value is -2.44. The van der Waals surface area contributed by atoms with Crippen molar-refractivity contribution in [1.29, 1.82) is 0 Å². The van der Waals surface area contributed by atoms with Crippen LogP contribution in [0.4, 0.5) is 0 Å². The molecule has 2 atom stereocenters. The van der Waals surface area contributed by atoms with Crippen molar-refractivity contribution >= 4 is 5.78 Å². The van der Waals surface area contributed by atoms with Crippen molar-refractivity contribution in [1.82, 2.24) is 24.5 Å². The monoisotopic (exact) mass is 355 g/mol. The molecule has 0 aliphatic heterocycles. The predicted octanol–water partition coefficient (Wildman–Crippen LogP) is 2.48. The second kappa shape index (κ2) is 5.28. The summed E-state index contributed by atoms with van der Waals surface area (Å²) < 4.78 is 3.55. The number of ketones is 1. The number of rotatable bonds is 1. The van der Waals surface area contributed by atoms with Crippen molar-refractivity contribution in [2.24, 2.45) is 25.4 Å². The van der Waals surface area contributed by atoms with Crippen molar-refractivity contribution in [2.75, 3.05) is 0 Å². The molecule has 7 heteroatoms. The van der Waals surface area contributed by atoms with Crippen LogP contribution in [-0.4, -0.2) is 35.4 Å². The zero-order valence-corrected chi connectivity index (χ0v) is 15.9. The molecule has 138 valence electrons. The van der Waals surface area contributed by atoms with E-state index >= 15 is 0 Å². The van der Waals surface area contributed by atoms with Crippen molar-refractivity contribution in [3.8, 4) is 11.5 Å². The molecule has 2 aromatic rings. The first-order valence-electron chi connectivity index (χ1n) is 9.00. The van der Waals surface area contributed by atoms with E-state index in [4.69, 9.17) is 5.10 Å². The van der Waals surface area contributed by atoms with Crippen LogP contribution in [0.1, 0.15) is 44.9 Å². The first-order chi connectivity index (χ1) is 12.2. The molecule has 2 heterocycles. The molecule has 2 aliphatic rings. The number of aromatic nitrogens is 5. The van der Waals surface area contributed by atoms with Gasteiger partial charge in [0.25, 0.3) is 0 Å². The van der Waals surface area contributed by atoms with Crippen molar-refractivity contribution in [2.45, 2.75) is 45.4 Å². The van der Waals surface area contributed by atoms with Crippen molar-refractivity contribution < 1.29 is 9.90 Å². The van der Waals surface area contributed by atoms with Crippen LogP contribution in [0.5, 0.6) is 0 Å². The Morgan fingerprint density at radius 1 is 1.27 bits per heavy atom. The van der Waals surface area contributed by atoms with E-state index < -0.39 is 5.41 Å². The molecule has 1 fully saturated rings. The molecule has 2 aromatic heterocycles. The van der Waals surface area contributed by atoms with Crippen LogP contribution in [0.15, 0.2) is 18.2 Å². The number of aliphatic hydroxyl groups excluding tert-OH is 1. The van der Waals surface area contributed by atoms with Crippen molar-refractivity contribution in [3.05, 3.63) is 29.4 Å². The Morgan fingerprint density at radius 3 is 2.62 bits per heavy atom. The van der Waals surface area contributed by atoms with Gasteiger partial charge in [-0.2, -0.15) is 5.10 Å². The number of hydrogen-bond donors (Lipinski definition) is 1. The summed E-state index contributed by atoms with van der Waals surface area (Å²) in [4.78, 5) is 17.2. The summed E-state index contributed by atoms with van der Waals surface area (Å²) in [7, 11) is 3.77. The maximum absolute atomic E-state index is 12.8. The quantitative estimate of drug-likeness (QED) is 0.627. The summed E-state index contributed by atoms with van der Waals surface area (Å²) in [6, 6.07) is 0. The fourth-order valence-electron chi connectivity index (χ4n) is 5.28. The summed E-state index contributed by atoms with van der Waals surface area (Å²) >= 11 is 0. The molecule has 0 spiro atoms. The Balaban J connectivity index is 1.91. The van der Waals surface area contributed by atoms with Crippen LogP contribution in [0.2, 0.25) is 0 Å². The molecule has 0 unspecified atom stereocenters. The largest absolute Gasteiger partial charge is 0.515 e. The minimum atomic E-state index is -0.528. The lowest BCUT2D eigenvalue weighted by Crippen LogP contribution is -2.53. The van der Waals surface area contributed by atoms with Gasteiger partial charge in [-0.05, 0) is 25.2 Å². The van der Waals surface area contributed by atoms with E-state index in [1.54, 1.807) is 11.0 Å². The van der Waals surface area contributed by atoms with Crippen LogP contribution in [0, 0.1) is 11.3 Å². The second-order valence-electron chi connectivity index (χ2n) is 8.43. The maximum atomic E-state index is 12.8. The highest BCUT2D eigenvalue weighted by atomic mass is 16.2. The Labute approximate surface area is 152 Å². The lowest BCUT2D eigenvalue weighted by atomic mass is 9.50. The van der Waals surface area contributed by atoms with Gasteiger partial charge in [0.2, 0.25) is 0 Å². The van der Waals surface area contributed by atoms with Crippen LogP contribution in [0.25, 0.3) is 11.5 Å². The van der Waals surface area contributed by atoms with Gasteiger partial charge in [0, 0.05) is 36.1 Å². The first-order valence-corrected chi connectivity index (χ1v) is 9.00. The molecule has 2 aliphatic carbocycles. The Morgan fingerprint density at radius 2 is 2.00 bits per heavy atom. The fraction of sp³-hybridized carbons (Fsp3) is 0.579. The smallest absolute Gasteiger partial charge is 0.199 e. The standard InChI is InChI=1S/C19H25N5O2/c1-18(2)13-7-6-12-14(17-20-10-23(4)22-17)24(5)21-15(12)19(13,3)8-11(9-25)16(18)26/h9-10,13,25H,6-8H2,1-5H3/b11-9-/t13-,19-/m0/s1. The van der Waals surface area contributed by atoms with Gasteiger partial charge in [0.1, 0.15) is 12.0 Å². The third kappa shape index (κ3) is 2.06. The third-order valence-corrected chi connectivity index (χ3v) is 6.41. The SMILES string of the molecule is Cn1cnc(-c2c3c(nn2C)[C@@]2(C)C/C(=C/O)C(=O)C(C)(C)[C@@H]2CC3)n1. The van der Waals surface area contributed by atoms with Gasteiger partial charge in [-0.15, -0.1) is 5.10 Å². The molecule has 0 bridgehead atoms. The summed E-state index contributed by atoms with van der Waals surface area (Å²) in [5.41, 5.74) is 2.79. The third-order valence-electron chi connectivity index (χ3n) is 6.41. The van der Waals surface area contributed by atoms with Crippen LogP contribution in [-0.2, 0) is 30.7 Å². The average Bonchev–Trinajstić information content (AvgIpc) is 3.14. The van der Waals surface area contributed by atoms with E-state index in [0.29, 0.717) is 17.8 Å².